The average Bonchev–Trinajstić information content (AvgIpc) is 3.13. The van der Waals surface area contributed by atoms with E-state index >= 15 is 0 Å². The summed E-state index contributed by atoms with van der Waals surface area (Å²) in [6.07, 6.45) is 3.24. The first-order chi connectivity index (χ1) is 11.3. The number of rotatable bonds is 3. The van der Waals surface area contributed by atoms with Crippen LogP contribution >= 0.6 is 11.3 Å². The number of hydrogen-bond acceptors (Lipinski definition) is 5. The van der Waals surface area contributed by atoms with Crippen LogP contribution in [-0.2, 0) is 6.54 Å². The average molecular weight is 322 g/mol. The molecule has 1 amide bonds. The number of nitrogens with zero attached hydrogens (tertiary/aromatic N) is 3. The second kappa shape index (κ2) is 5.81. The molecule has 1 aromatic carbocycles. The summed E-state index contributed by atoms with van der Waals surface area (Å²) in [6.45, 7) is 0.482. The number of thiazole rings is 1. The molecule has 1 aliphatic heterocycles. The van der Waals surface area contributed by atoms with Crippen LogP contribution in [0.4, 0.5) is 5.69 Å². The third kappa shape index (κ3) is 2.57. The molecular formula is C17H14N4OS. The fourth-order valence-corrected chi connectivity index (χ4v) is 3.31. The third-order valence-corrected chi connectivity index (χ3v) is 4.43. The van der Waals surface area contributed by atoms with Crippen LogP contribution in [0.3, 0.4) is 0 Å². The van der Waals surface area contributed by atoms with E-state index in [4.69, 9.17) is 0 Å². The molecule has 1 unspecified atom stereocenters. The van der Waals surface area contributed by atoms with Crippen molar-refractivity contribution < 1.29 is 4.79 Å². The van der Waals surface area contributed by atoms with Gasteiger partial charge < -0.3 is 10.2 Å². The van der Waals surface area contributed by atoms with E-state index < -0.39 is 0 Å². The fourth-order valence-electron chi connectivity index (χ4n) is 2.73. The molecule has 0 saturated carbocycles. The normalized spacial score (nSPS) is 16.8. The van der Waals surface area contributed by atoms with Crippen LogP contribution in [-0.4, -0.2) is 20.8 Å². The number of benzene rings is 1. The molecule has 4 rings (SSSR count). The lowest BCUT2D eigenvalue weighted by Crippen LogP contribution is -2.42. The Morgan fingerprint density at radius 2 is 2.13 bits per heavy atom. The van der Waals surface area contributed by atoms with Gasteiger partial charge in [0.1, 0.15) is 6.17 Å². The Morgan fingerprint density at radius 3 is 2.91 bits per heavy atom. The summed E-state index contributed by atoms with van der Waals surface area (Å²) in [6, 6.07) is 11.4. The van der Waals surface area contributed by atoms with Crippen molar-refractivity contribution >= 4 is 22.9 Å². The molecular weight excluding hydrogens is 308 g/mol. The molecule has 0 radical (unpaired) electrons. The minimum Gasteiger partial charge on any atom is -0.359 e. The van der Waals surface area contributed by atoms with E-state index in [9.17, 15) is 4.79 Å². The topological polar surface area (TPSA) is 58.1 Å². The zero-order valence-electron chi connectivity index (χ0n) is 12.2. The molecule has 0 saturated heterocycles. The van der Waals surface area contributed by atoms with Crippen molar-refractivity contribution in [2.75, 3.05) is 5.32 Å². The summed E-state index contributed by atoms with van der Waals surface area (Å²) in [5.74, 6) is 0.00111. The van der Waals surface area contributed by atoms with Gasteiger partial charge in [-0.05, 0) is 23.8 Å². The molecule has 114 valence electrons. The van der Waals surface area contributed by atoms with Gasteiger partial charge >= 0.3 is 0 Å². The van der Waals surface area contributed by atoms with Crippen LogP contribution in [0, 0.1) is 0 Å². The Balaban J connectivity index is 1.75. The number of pyridine rings is 1. The molecule has 2 aromatic heterocycles. The number of carbonyl (C=O) groups is 1. The van der Waals surface area contributed by atoms with Gasteiger partial charge in [-0.3, -0.25) is 9.78 Å². The van der Waals surface area contributed by atoms with E-state index in [1.807, 2.05) is 41.8 Å². The molecule has 1 atom stereocenters. The zero-order chi connectivity index (χ0) is 15.6. The second-order valence-corrected chi connectivity index (χ2v) is 6.02. The van der Waals surface area contributed by atoms with Gasteiger partial charge in [-0.25, -0.2) is 4.98 Å². The molecule has 0 bridgehead atoms. The van der Waals surface area contributed by atoms with Crippen LogP contribution in [0.5, 0.6) is 0 Å². The molecule has 0 fully saturated rings. The standard InChI is InChI=1S/C17H14N4OS/c22-17-13-5-1-2-6-14(13)20-16(15-10-23-11-19-15)21(17)9-12-4-3-7-18-8-12/h1-8,10-11,16,20H,9H2. The predicted octanol–water partition coefficient (Wildman–Crippen LogP) is 3.30. The number of anilines is 1. The number of nitrogens with one attached hydrogen (secondary N) is 1. The van der Waals surface area contributed by atoms with E-state index in [0.29, 0.717) is 12.1 Å². The van der Waals surface area contributed by atoms with Crippen LogP contribution in [0.15, 0.2) is 59.7 Å². The highest BCUT2D eigenvalue weighted by atomic mass is 32.1. The van der Waals surface area contributed by atoms with Crippen molar-refractivity contribution in [1.82, 2.24) is 14.9 Å². The quantitative estimate of drug-likeness (QED) is 0.804. The van der Waals surface area contributed by atoms with Crippen molar-refractivity contribution in [3.63, 3.8) is 0 Å². The van der Waals surface area contributed by atoms with Gasteiger partial charge in [0.05, 0.1) is 16.8 Å². The SMILES string of the molecule is O=C1c2ccccc2NC(c2cscn2)N1Cc1cccnc1. The van der Waals surface area contributed by atoms with Crippen molar-refractivity contribution in [3.05, 3.63) is 76.5 Å². The summed E-state index contributed by atoms with van der Waals surface area (Å²) >= 11 is 1.52. The van der Waals surface area contributed by atoms with Crippen molar-refractivity contribution in [3.8, 4) is 0 Å². The lowest BCUT2D eigenvalue weighted by molar-refractivity contribution is 0.0663. The van der Waals surface area contributed by atoms with E-state index in [2.05, 4.69) is 15.3 Å². The first kappa shape index (κ1) is 13.9. The summed E-state index contributed by atoms with van der Waals surface area (Å²) in [5, 5.41) is 5.40. The van der Waals surface area contributed by atoms with Gasteiger partial charge in [0.15, 0.2) is 0 Å². The smallest absolute Gasteiger partial charge is 0.258 e. The highest BCUT2D eigenvalue weighted by Crippen LogP contribution is 2.33. The highest BCUT2D eigenvalue weighted by molar-refractivity contribution is 7.07. The number of aromatic nitrogens is 2. The van der Waals surface area contributed by atoms with Crippen LogP contribution in [0.25, 0.3) is 0 Å². The molecule has 3 heterocycles. The van der Waals surface area contributed by atoms with Gasteiger partial charge in [0, 0.05) is 30.0 Å². The predicted molar refractivity (Wildman–Crippen MR) is 89.0 cm³/mol. The van der Waals surface area contributed by atoms with Crippen LogP contribution in [0.1, 0.15) is 27.8 Å². The maximum Gasteiger partial charge on any atom is 0.258 e. The number of carbonyl (C=O) groups excluding carboxylic acids is 1. The monoisotopic (exact) mass is 322 g/mol. The number of fused-ring (bicyclic) bond motifs is 1. The zero-order valence-corrected chi connectivity index (χ0v) is 13.0. The molecule has 23 heavy (non-hydrogen) atoms. The lowest BCUT2D eigenvalue weighted by atomic mass is 10.1. The lowest BCUT2D eigenvalue weighted by Gasteiger charge is -2.37. The van der Waals surface area contributed by atoms with Crippen molar-refractivity contribution in [2.24, 2.45) is 0 Å². The molecule has 0 spiro atoms. The van der Waals surface area contributed by atoms with E-state index in [-0.39, 0.29) is 12.1 Å². The van der Waals surface area contributed by atoms with Gasteiger partial charge in [0.2, 0.25) is 0 Å². The Morgan fingerprint density at radius 1 is 1.22 bits per heavy atom. The summed E-state index contributed by atoms with van der Waals surface area (Å²) in [4.78, 5) is 23.3. The third-order valence-electron chi connectivity index (χ3n) is 3.83. The first-order valence-corrected chi connectivity index (χ1v) is 8.21. The first-order valence-electron chi connectivity index (χ1n) is 7.26. The van der Waals surface area contributed by atoms with Crippen LogP contribution < -0.4 is 5.32 Å². The Hall–Kier alpha value is -2.73. The van der Waals surface area contributed by atoms with Gasteiger partial charge in [-0.1, -0.05) is 18.2 Å². The molecule has 0 aliphatic carbocycles. The Labute approximate surface area is 137 Å². The van der Waals surface area contributed by atoms with Crippen molar-refractivity contribution in [2.45, 2.75) is 12.7 Å². The van der Waals surface area contributed by atoms with Gasteiger partial charge in [0.25, 0.3) is 5.91 Å². The van der Waals surface area contributed by atoms with Crippen molar-refractivity contribution in [1.29, 1.82) is 0 Å². The molecule has 5 nitrogen and oxygen atoms in total. The van der Waals surface area contributed by atoms with E-state index in [1.54, 1.807) is 22.8 Å². The molecule has 6 heteroatoms. The summed E-state index contributed by atoms with van der Waals surface area (Å²) in [7, 11) is 0. The minimum atomic E-state index is -0.274. The van der Waals surface area contributed by atoms with Gasteiger partial charge in [-0.2, -0.15) is 0 Å². The van der Waals surface area contributed by atoms with Crippen LogP contribution in [0.2, 0.25) is 0 Å². The second-order valence-electron chi connectivity index (χ2n) is 5.30. The Kier molecular flexibility index (Phi) is 3.51. The summed E-state index contributed by atoms with van der Waals surface area (Å²) in [5.41, 5.74) is 5.15. The van der Waals surface area contributed by atoms with Gasteiger partial charge in [-0.15, -0.1) is 11.3 Å². The minimum absolute atomic E-state index is 0.00111. The van der Waals surface area contributed by atoms with E-state index in [1.165, 1.54) is 11.3 Å². The molecule has 3 aromatic rings. The molecule has 1 aliphatic rings. The fraction of sp³-hybridized carbons (Fsp3) is 0.118. The maximum atomic E-state index is 13.0. The number of para-hydroxylation sites is 1. The number of hydrogen-bond donors (Lipinski definition) is 1. The Bertz CT molecular complexity index is 820. The summed E-state index contributed by atoms with van der Waals surface area (Å²) < 4.78 is 0. The highest BCUT2D eigenvalue weighted by Gasteiger charge is 2.33. The maximum absolute atomic E-state index is 13.0. The number of amides is 1. The largest absolute Gasteiger partial charge is 0.359 e. The molecule has 1 N–H and O–H groups in total. The van der Waals surface area contributed by atoms with E-state index in [0.717, 1.165) is 16.9 Å².